The van der Waals surface area contributed by atoms with Gasteiger partial charge < -0.3 is 0 Å². The van der Waals surface area contributed by atoms with Gasteiger partial charge in [0.05, 0.1) is 0 Å². The Bertz CT molecular complexity index is 187. The zero-order valence-electron chi connectivity index (χ0n) is 11.6. The molecule has 0 fully saturated rings. The molecule has 0 spiro atoms. The zero-order valence-corrected chi connectivity index (χ0v) is 11.6. The molecule has 0 aliphatic carbocycles. The maximum absolute atomic E-state index is 11.0. The van der Waals surface area contributed by atoms with Crippen molar-refractivity contribution in [3.63, 3.8) is 0 Å². The van der Waals surface area contributed by atoms with E-state index in [4.69, 9.17) is 0 Å². The summed E-state index contributed by atoms with van der Waals surface area (Å²) in [4.78, 5) is 22.1. The highest BCUT2D eigenvalue weighted by Crippen LogP contribution is 2.10. The van der Waals surface area contributed by atoms with E-state index in [-0.39, 0.29) is 0 Å². The molecule has 0 aromatic heterocycles. The van der Waals surface area contributed by atoms with Crippen molar-refractivity contribution in [1.82, 2.24) is 0 Å². The molecule has 100 valence electrons. The van der Waals surface area contributed by atoms with Crippen LogP contribution in [0.2, 0.25) is 0 Å². The summed E-state index contributed by atoms with van der Waals surface area (Å²) in [5.74, 6) is 0.783. The smallest absolute Gasteiger partial charge is 0.132 e. The van der Waals surface area contributed by atoms with Gasteiger partial charge in [0.2, 0.25) is 0 Å². The number of hydrogen-bond donors (Lipinski definition) is 0. The van der Waals surface area contributed by atoms with Crippen molar-refractivity contribution in [1.29, 1.82) is 0 Å². The van der Waals surface area contributed by atoms with Gasteiger partial charge in [-0.3, -0.25) is 9.59 Å². The molecule has 0 aromatic carbocycles. The predicted molar refractivity (Wildman–Crippen MR) is 72.1 cm³/mol. The van der Waals surface area contributed by atoms with E-state index in [2.05, 4.69) is 0 Å². The van der Waals surface area contributed by atoms with E-state index in [1.807, 2.05) is 13.8 Å². The molecule has 0 atom stereocenters. The maximum atomic E-state index is 11.0. The second kappa shape index (κ2) is 11.8. The molecular weight excluding hydrogens is 212 g/mol. The van der Waals surface area contributed by atoms with Crippen LogP contribution < -0.4 is 0 Å². The van der Waals surface area contributed by atoms with Crippen molar-refractivity contribution in [2.45, 2.75) is 84.5 Å². The van der Waals surface area contributed by atoms with Crippen molar-refractivity contribution in [2.75, 3.05) is 0 Å². The van der Waals surface area contributed by atoms with Crippen molar-refractivity contribution in [2.24, 2.45) is 0 Å². The standard InChI is InChI=1S/C15H28O2/c1-3-14(16)12-10-8-6-5-7-9-11-13-15(17)4-2/h3-13H2,1-2H3. The molecule has 0 saturated heterocycles. The minimum Gasteiger partial charge on any atom is -0.300 e. The average molecular weight is 240 g/mol. The summed E-state index contributed by atoms with van der Waals surface area (Å²) in [6, 6.07) is 0. The Morgan fingerprint density at radius 3 is 1.18 bits per heavy atom. The summed E-state index contributed by atoms with van der Waals surface area (Å²) in [7, 11) is 0. The van der Waals surface area contributed by atoms with E-state index in [0.717, 1.165) is 25.7 Å². The lowest BCUT2D eigenvalue weighted by atomic mass is 10.0. The SMILES string of the molecule is CCC(=O)CCCCCCCCCC(=O)CC. The summed E-state index contributed by atoms with van der Waals surface area (Å²) in [6.45, 7) is 3.86. The molecule has 2 nitrogen and oxygen atoms in total. The highest BCUT2D eigenvalue weighted by Gasteiger charge is 1.99. The molecule has 17 heavy (non-hydrogen) atoms. The van der Waals surface area contributed by atoms with Crippen LogP contribution in [-0.2, 0) is 9.59 Å². The Morgan fingerprint density at radius 2 is 0.882 bits per heavy atom. The molecule has 0 heterocycles. The molecule has 0 radical (unpaired) electrons. The molecule has 0 aromatic rings. The third kappa shape index (κ3) is 11.6. The molecule has 0 aliphatic heterocycles. The van der Waals surface area contributed by atoms with Gasteiger partial charge in [-0.25, -0.2) is 0 Å². The zero-order chi connectivity index (χ0) is 12.9. The van der Waals surface area contributed by atoms with Crippen LogP contribution in [0.15, 0.2) is 0 Å². The van der Waals surface area contributed by atoms with Crippen molar-refractivity contribution >= 4 is 11.6 Å². The predicted octanol–water partition coefficient (Wildman–Crippen LogP) is 4.46. The van der Waals surface area contributed by atoms with Crippen LogP contribution in [0.25, 0.3) is 0 Å². The van der Waals surface area contributed by atoms with Gasteiger partial charge in [-0.1, -0.05) is 46.0 Å². The number of unbranched alkanes of at least 4 members (excludes halogenated alkanes) is 6. The molecule has 0 saturated carbocycles. The average Bonchev–Trinajstić information content (AvgIpc) is 2.35. The molecule has 0 aliphatic rings. The number of ketones is 2. The van der Waals surface area contributed by atoms with Crippen molar-refractivity contribution in [3.05, 3.63) is 0 Å². The quantitative estimate of drug-likeness (QED) is 0.472. The molecule has 0 unspecified atom stereocenters. The van der Waals surface area contributed by atoms with Crippen LogP contribution in [0.4, 0.5) is 0 Å². The van der Waals surface area contributed by atoms with Crippen LogP contribution >= 0.6 is 0 Å². The fourth-order valence-corrected chi connectivity index (χ4v) is 1.88. The van der Waals surface area contributed by atoms with Crippen molar-refractivity contribution in [3.8, 4) is 0 Å². The first kappa shape index (κ1) is 16.3. The first-order chi connectivity index (χ1) is 8.20. The monoisotopic (exact) mass is 240 g/mol. The Morgan fingerprint density at radius 1 is 0.588 bits per heavy atom. The summed E-state index contributed by atoms with van der Waals surface area (Å²) >= 11 is 0. The maximum Gasteiger partial charge on any atom is 0.132 e. The number of rotatable bonds is 12. The molecule has 2 heteroatoms. The minimum absolute atomic E-state index is 0.392. The van der Waals surface area contributed by atoms with E-state index in [1.54, 1.807) is 0 Å². The topological polar surface area (TPSA) is 34.1 Å². The number of carbonyl (C=O) groups is 2. The van der Waals surface area contributed by atoms with E-state index < -0.39 is 0 Å². The van der Waals surface area contributed by atoms with E-state index in [1.165, 1.54) is 32.1 Å². The van der Waals surface area contributed by atoms with Gasteiger partial charge in [0.15, 0.2) is 0 Å². The van der Waals surface area contributed by atoms with E-state index >= 15 is 0 Å². The van der Waals surface area contributed by atoms with Gasteiger partial charge >= 0.3 is 0 Å². The summed E-state index contributed by atoms with van der Waals surface area (Å²) < 4.78 is 0. The molecule has 0 amide bonds. The Labute approximate surface area is 106 Å². The van der Waals surface area contributed by atoms with Crippen LogP contribution in [0.1, 0.15) is 84.5 Å². The minimum atomic E-state index is 0.392. The van der Waals surface area contributed by atoms with Crippen LogP contribution in [0.5, 0.6) is 0 Å². The van der Waals surface area contributed by atoms with Gasteiger partial charge in [-0.15, -0.1) is 0 Å². The Kier molecular flexibility index (Phi) is 11.4. The molecule has 0 bridgehead atoms. The fraction of sp³-hybridized carbons (Fsp3) is 0.867. The summed E-state index contributed by atoms with van der Waals surface area (Å²) in [6.07, 6.45) is 11.1. The lowest BCUT2D eigenvalue weighted by Crippen LogP contribution is -1.95. The Balaban J connectivity index is 3.08. The molecular formula is C15H28O2. The second-order valence-electron chi connectivity index (χ2n) is 4.76. The fourth-order valence-electron chi connectivity index (χ4n) is 1.88. The normalized spacial score (nSPS) is 10.5. The van der Waals surface area contributed by atoms with Crippen LogP contribution in [0.3, 0.4) is 0 Å². The van der Waals surface area contributed by atoms with Crippen molar-refractivity contribution < 1.29 is 9.59 Å². The lowest BCUT2D eigenvalue weighted by Gasteiger charge is -2.01. The largest absolute Gasteiger partial charge is 0.300 e. The first-order valence-corrected chi connectivity index (χ1v) is 7.24. The van der Waals surface area contributed by atoms with E-state index in [0.29, 0.717) is 24.4 Å². The van der Waals surface area contributed by atoms with Crippen LogP contribution in [0, 0.1) is 0 Å². The Hall–Kier alpha value is -0.660. The molecule has 0 N–H and O–H groups in total. The summed E-state index contributed by atoms with van der Waals surface area (Å²) in [5.41, 5.74) is 0. The van der Waals surface area contributed by atoms with Crippen LogP contribution in [-0.4, -0.2) is 11.6 Å². The first-order valence-electron chi connectivity index (χ1n) is 7.24. The number of hydrogen-bond acceptors (Lipinski definition) is 2. The van der Waals surface area contributed by atoms with Gasteiger partial charge in [-0.2, -0.15) is 0 Å². The van der Waals surface area contributed by atoms with Gasteiger partial charge in [-0.05, 0) is 12.8 Å². The lowest BCUT2D eigenvalue weighted by molar-refractivity contribution is -0.119. The number of carbonyl (C=O) groups excluding carboxylic acids is 2. The third-order valence-corrected chi connectivity index (χ3v) is 3.20. The van der Waals surface area contributed by atoms with Gasteiger partial charge in [0.25, 0.3) is 0 Å². The highest BCUT2D eigenvalue weighted by atomic mass is 16.1. The number of Topliss-reactive ketones (excluding diaryl/α,β-unsaturated/α-hetero) is 2. The van der Waals surface area contributed by atoms with Gasteiger partial charge in [0, 0.05) is 25.7 Å². The second-order valence-corrected chi connectivity index (χ2v) is 4.76. The van der Waals surface area contributed by atoms with Gasteiger partial charge in [0.1, 0.15) is 11.6 Å². The third-order valence-electron chi connectivity index (χ3n) is 3.20. The highest BCUT2D eigenvalue weighted by molar-refractivity contribution is 5.78. The summed E-state index contributed by atoms with van der Waals surface area (Å²) in [5, 5.41) is 0. The molecule has 0 rings (SSSR count). The van der Waals surface area contributed by atoms with E-state index in [9.17, 15) is 9.59 Å².